The second kappa shape index (κ2) is 9.15. The zero-order valence-electron chi connectivity index (χ0n) is 13.3. The Hall–Kier alpha value is -2.44. The third kappa shape index (κ3) is 6.17. The molecule has 2 aromatic carbocycles. The van der Waals surface area contributed by atoms with Gasteiger partial charge in [0.05, 0.1) is 19.3 Å². The number of carbonyl (C=O) groups excluding carboxylic acids is 2. The SMILES string of the molecule is COc1ccc(Cl)cc1NC(=O)CNC(=O)COc1ccc(Cl)cc1. The zero-order valence-corrected chi connectivity index (χ0v) is 14.9. The van der Waals surface area contributed by atoms with Gasteiger partial charge in [-0.2, -0.15) is 0 Å². The van der Waals surface area contributed by atoms with E-state index in [1.54, 1.807) is 42.5 Å². The molecule has 0 radical (unpaired) electrons. The van der Waals surface area contributed by atoms with Gasteiger partial charge in [0.15, 0.2) is 6.61 Å². The van der Waals surface area contributed by atoms with Crippen LogP contribution in [0, 0.1) is 0 Å². The Kier molecular flexibility index (Phi) is 6.91. The molecule has 0 atom stereocenters. The van der Waals surface area contributed by atoms with Crippen LogP contribution in [0.1, 0.15) is 0 Å². The zero-order chi connectivity index (χ0) is 18.2. The van der Waals surface area contributed by atoms with Crippen LogP contribution in [-0.4, -0.2) is 32.1 Å². The highest BCUT2D eigenvalue weighted by Crippen LogP contribution is 2.27. The Morgan fingerprint density at radius 2 is 1.68 bits per heavy atom. The van der Waals surface area contributed by atoms with Crippen molar-refractivity contribution in [2.45, 2.75) is 0 Å². The van der Waals surface area contributed by atoms with Gasteiger partial charge in [0.1, 0.15) is 11.5 Å². The molecule has 2 amide bonds. The van der Waals surface area contributed by atoms with Crippen molar-refractivity contribution in [1.29, 1.82) is 0 Å². The first-order valence-electron chi connectivity index (χ1n) is 7.26. The molecule has 0 unspecified atom stereocenters. The smallest absolute Gasteiger partial charge is 0.258 e. The van der Waals surface area contributed by atoms with Crippen LogP contribution in [-0.2, 0) is 9.59 Å². The summed E-state index contributed by atoms with van der Waals surface area (Å²) in [6.45, 7) is -0.423. The molecule has 0 aliphatic rings. The number of nitrogens with one attached hydrogen (secondary N) is 2. The average Bonchev–Trinajstić information content (AvgIpc) is 2.59. The monoisotopic (exact) mass is 382 g/mol. The normalized spacial score (nSPS) is 10.0. The van der Waals surface area contributed by atoms with Crippen LogP contribution in [0.25, 0.3) is 0 Å². The second-order valence-electron chi connectivity index (χ2n) is 4.91. The Morgan fingerprint density at radius 3 is 2.36 bits per heavy atom. The van der Waals surface area contributed by atoms with Gasteiger partial charge in [0, 0.05) is 10.0 Å². The third-order valence-electron chi connectivity index (χ3n) is 3.07. The van der Waals surface area contributed by atoms with Gasteiger partial charge < -0.3 is 20.1 Å². The number of ether oxygens (including phenoxy) is 2. The van der Waals surface area contributed by atoms with Crippen molar-refractivity contribution in [3.63, 3.8) is 0 Å². The van der Waals surface area contributed by atoms with Crippen molar-refractivity contribution in [1.82, 2.24) is 5.32 Å². The predicted octanol–water partition coefficient (Wildman–Crippen LogP) is 3.14. The number of benzene rings is 2. The van der Waals surface area contributed by atoms with E-state index in [1.165, 1.54) is 7.11 Å². The maximum absolute atomic E-state index is 11.9. The molecule has 132 valence electrons. The summed E-state index contributed by atoms with van der Waals surface area (Å²) in [5.74, 6) is 0.131. The number of anilines is 1. The summed E-state index contributed by atoms with van der Waals surface area (Å²) >= 11 is 11.7. The first-order chi connectivity index (χ1) is 12.0. The van der Waals surface area contributed by atoms with E-state index >= 15 is 0 Å². The summed E-state index contributed by atoms with van der Waals surface area (Å²) in [6.07, 6.45) is 0. The summed E-state index contributed by atoms with van der Waals surface area (Å²) < 4.78 is 10.4. The molecule has 6 nitrogen and oxygen atoms in total. The van der Waals surface area contributed by atoms with E-state index < -0.39 is 11.8 Å². The summed E-state index contributed by atoms with van der Waals surface area (Å²) in [6, 6.07) is 11.4. The summed E-state index contributed by atoms with van der Waals surface area (Å²) in [7, 11) is 1.48. The number of rotatable bonds is 7. The number of amides is 2. The number of methoxy groups -OCH3 is 1. The van der Waals surface area contributed by atoms with Gasteiger partial charge in [-0.15, -0.1) is 0 Å². The number of hydrogen-bond acceptors (Lipinski definition) is 4. The summed E-state index contributed by atoms with van der Waals surface area (Å²) in [5.41, 5.74) is 0.423. The standard InChI is InChI=1S/C17H16Cl2N2O4/c1-24-15-7-4-12(19)8-14(15)21-16(22)9-20-17(23)10-25-13-5-2-11(18)3-6-13/h2-8H,9-10H2,1H3,(H,20,23)(H,21,22). The lowest BCUT2D eigenvalue weighted by Crippen LogP contribution is -2.35. The van der Waals surface area contributed by atoms with E-state index in [0.717, 1.165) is 0 Å². The molecular formula is C17H16Cl2N2O4. The quantitative estimate of drug-likeness (QED) is 0.770. The molecule has 2 aromatic rings. The molecule has 0 fully saturated rings. The molecule has 0 aliphatic carbocycles. The fourth-order valence-electron chi connectivity index (χ4n) is 1.88. The van der Waals surface area contributed by atoms with Gasteiger partial charge in [-0.3, -0.25) is 9.59 Å². The van der Waals surface area contributed by atoms with Crippen LogP contribution in [0.5, 0.6) is 11.5 Å². The molecule has 2 N–H and O–H groups in total. The minimum atomic E-state index is -0.428. The van der Waals surface area contributed by atoms with Crippen LogP contribution in [0.4, 0.5) is 5.69 Å². The summed E-state index contributed by atoms with van der Waals surface area (Å²) in [5, 5.41) is 6.11. The van der Waals surface area contributed by atoms with E-state index in [-0.39, 0.29) is 13.2 Å². The lowest BCUT2D eigenvalue weighted by atomic mass is 10.3. The molecule has 8 heteroatoms. The van der Waals surface area contributed by atoms with Gasteiger partial charge in [0.25, 0.3) is 5.91 Å². The third-order valence-corrected chi connectivity index (χ3v) is 3.55. The van der Waals surface area contributed by atoms with Crippen molar-refractivity contribution >= 4 is 40.7 Å². The number of hydrogen-bond donors (Lipinski definition) is 2. The van der Waals surface area contributed by atoms with Crippen LogP contribution < -0.4 is 20.1 Å². The largest absolute Gasteiger partial charge is 0.495 e. The molecule has 0 saturated carbocycles. The molecule has 0 bridgehead atoms. The van der Waals surface area contributed by atoms with E-state index in [4.69, 9.17) is 32.7 Å². The number of carbonyl (C=O) groups is 2. The molecule has 0 heterocycles. The summed E-state index contributed by atoms with van der Waals surface area (Å²) in [4.78, 5) is 23.7. The highest BCUT2D eigenvalue weighted by atomic mass is 35.5. The van der Waals surface area contributed by atoms with Gasteiger partial charge in [-0.1, -0.05) is 23.2 Å². The van der Waals surface area contributed by atoms with Crippen LogP contribution in [0.2, 0.25) is 10.0 Å². The van der Waals surface area contributed by atoms with Crippen molar-refractivity contribution < 1.29 is 19.1 Å². The molecule has 0 saturated heterocycles. The van der Waals surface area contributed by atoms with E-state index in [1.807, 2.05) is 0 Å². The predicted molar refractivity (Wildman–Crippen MR) is 96.6 cm³/mol. The maximum Gasteiger partial charge on any atom is 0.258 e. The first kappa shape index (κ1) is 18.9. The topological polar surface area (TPSA) is 76.7 Å². The van der Waals surface area contributed by atoms with E-state index in [9.17, 15) is 9.59 Å². The Morgan fingerprint density at radius 1 is 1.00 bits per heavy atom. The minimum Gasteiger partial charge on any atom is -0.495 e. The lowest BCUT2D eigenvalue weighted by molar-refractivity contribution is -0.125. The van der Waals surface area contributed by atoms with Crippen molar-refractivity contribution in [3.05, 3.63) is 52.5 Å². The molecule has 0 aliphatic heterocycles. The highest BCUT2D eigenvalue weighted by molar-refractivity contribution is 6.31. The molecule has 0 spiro atoms. The fourth-order valence-corrected chi connectivity index (χ4v) is 2.18. The van der Waals surface area contributed by atoms with Crippen molar-refractivity contribution in [2.75, 3.05) is 25.6 Å². The van der Waals surface area contributed by atoms with E-state index in [2.05, 4.69) is 10.6 Å². The number of halogens is 2. The van der Waals surface area contributed by atoms with Gasteiger partial charge in [0.2, 0.25) is 5.91 Å². The van der Waals surface area contributed by atoms with Crippen molar-refractivity contribution in [2.24, 2.45) is 0 Å². The van der Waals surface area contributed by atoms with E-state index in [0.29, 0.717) is 27.2 Å². The van der Waals surface area contributed by atoms with Crippen LogP contribution >= 0.6 is 23.2 Å². The maximum atomic E-state index is 11.9. The minimum absolute atomic E-state index is 0.210. The average molecular weight is 383 g/mol. The Balaban J connectivity index is 1.78. The van der Waals surface area contributed by atoms with Gasteiger partial charge in [-0.05, 0) is 42.5 Å². The second-order valence-corrected chi connectivity index (χ2v) is 5.78. The van der Waals surface area contributed by atoms with Gasteiger partial charge in [-0.25, -0.2) is 0 Å². The Labute approximate surface area is 155 Å². The Bertz CT molecular complexity index is 751. The lowest BCUT2D eigenvalue weighted by Gasteiger charge is -2.11. The van der Waals surface area contributed by atoms with Gasteiger partial charge >= 0.3 is 0 Å². The van der Waals surface area contributed by atoms with Crippen LogP contribution in [0.3, 0.4) is 0 Å². The molecule has 2 rings (SSSR count). The first-order valence-corrected chi connectivity index (χ1v) is 8.02. The fraction of sp³-hybridized carbons (Fsp3) is 0.176. The van der Waals surface area contributed by atoms with Crippen molar-refractivity contribution in [3.8, 4) is 11.5 Å². The molecule has 25 heavy (non-hydrogen) atoms. The highest BCUT2D eigenvalue weighted by Gasteiger charge is 2.10. The molecule has 0 aromatic heterocycles. The molecular weight excluding hydrogens is 367 g/mol. The van der Waals surface area contributed by atoms with Crippen LogP contribution in [0.15, 0.2) is 42.5 Å².